The molecule has 1 aromatic carbocycles. The van der Waals surface area contributed by atoms with Crippen LogP contribution in [0.25, 0.3) is 0 Å². The van der Waals surface area contributed by atoms with Crippen LogP contribution in [0.15, 0.2) is 18.2 Å². The van der Waals surface area contributed by atoms with E-state index in [1.165, 1.54) is 16.8 Å². The number of hydrogen-bond donors (Lipinski definition) is 1. The van der Waals surface area contributed by atoms with Gasteiger partial charge in [-0.1, -0.05) is 39.8 Å². The number of fused-ring (bicyclic) bond motifs is 1. The van der Waals surface area contributed by atoms with E-state index in [4.69, 9.17) is 5.73 Å². The van der Waals surface area contributed by atoms with Crippen molar-refractivity contribution >= 4 is 5.69 Å². The molecule has 19 heavy (non-hydrogen) atoms. The highest BCUT2D eigenvalue weighted by Gasteiger charge is 2.49. The molecule has 2 nitrogen and oxygen atoms in total. The van der Waals surface area contributed by atoms with Gasteiger partial charge in [-0.2, -0.15) is 0 Å². The maximum atomic E-state index is 6.01. The van der Waals surface area contributed by atoms with Gasteiger partial charge in [-0.15, -0.1) is 0 Å². The van der Waals surface area contributed by atoms with Crippen LogP contribution in [0.2, 0.25) is 0 Å². The first-order chi connectivity index (χ1) is 8.91. The monoisotopic (exact) mass is 260 g/mol. The third-order valence-electron chi connectivity index (χ3n) is 5.05. The van der Waals surface area contributed by atoms with Crippen molar-refractivity contribution in [1.29, 1.82) is 0 Å². The molecule has 1 atom stereocenters. The predicted molar refractivity (Wildman–Crippen MR) is 83.6 cm³/mol. The van der Waals surface area contributed by atoms with E-state index >= 15 is 0 Å². The van der Waals surface area contributed by atoms with Gasteiger partial charge in [0.05, 0.1) is 0 Å². The fourth-order valence-electron chi connectivity index (χ4n) is 3.78. The van der Waals surface area contributed by atoms with Gasteiger partial charge in [0.2, 0.25) is 0 Å². The Morgan fingerprint density at radius 2 is 1.95 bits per heavy atom. The lowest BCUT2D eigenvalue weighted by atomic mass is 9.61. The number of benzene rings is 1. The third-order valence-corrected chi connectivity index (χ3v) is 5.05. The normalized spacial score (nSPS) is 22.7. The van der Waals surface area contributed by atoms with Crippen molar-refractivity contribution in [2.45, 2.75) is 53.0 Å². The van der Waals surface area contributed by atoms with Gasteiger partial charge in [0.1, 0.15) is 0 Å². The second-order valence-electron chi connectivity index (χ2n) is 6.72. The van der Waals surface area contributed by atoms with Crippen molar-refractivity contribution in [3.8, 4) is 0 Å². The summed E-state index contributed by atoms with van der Waals surface area (Å²) in [6.07, 6.45) is 1.16. The Labute approximate surface area is 118 Å². The van der Waals surface area contributed by atoms with Crippen molar-refractivity contribution in [2.24, 2.45) is 11.1 Å². The predicted octanol–water partition coefficient (Wildman–Crippen LogP) is 3.68. The highest BCUT2D eigenvalue weighted by Crippen LogP contribution is 2.53. The van der Waals surface area contributed by atoms with Crippen LogP contribution in [0.5, 0.6) is 0 Å². The molecule has 2 heteroatoms. The number of nitrogens with two attached hydrogens (primary N) is 1. The molecule has 2 N–H and O–H groups in total. The first kappa shape index (κ1) is 14.4. The van der Waals surface area contributed by atoms with Gasteiger partial charge in [0.25, 0.3) is 0 Å². The summed E-state index contributed by atoms with van der Waals surface area (Å²) in [4.78, 5) is 2.52. The summed E-state index contributed by atoms with van der Waals surface area (Å²) in [5, 5.41) is 0. The minimum atomic E-state index is 0.217. The minimum Gasteiger partial charge on any atom is -0.371 e. The molecular formula is C17H28N2. The molecule has 0 fully saturated rings. The average molecular weight is 260 g/mol. The Morgan fingerprint density at radius 1 is 1.26 bits per heavy atom. The van der Waals surface area contributed by atoms with Crippen LogP contribution in [-0.4, -0.2) is 13.1 Å². The molecule has 1 heterocycles. The lowest BCUT2D eigenvalue weighted by Crippen LogP contribution is -2.44. The molecule has 0 amide bonds. The van der Waals surface area contributed by atoms with E-state index < -0.39 is 0 Å². The molecule has 1 aromatic rings. The van der Waals surface area contributed by atoms with Crippen LogP contribution in [0.4, 0.5) is 5.69 Å². The summed E-state index contributed by atoms with van der Waals surface area (Å²) < 4.78 is 0. The van der Waals surface area contributed by atoms with Gasteiger partial charge in [0.15, 0.2) is 0 Å². The van der Waals surface area contributed by atoms with E-state index in [9.17, 15) is 0 Å². The molecule has 106 valence electrons. The summed E-state index contributed by atoms with van der Waals surface area (Å²) in [7, 11) is 0. The molecule has 0 spiro atoms. The second-order valence-corrected chi connectivity index (χ2v) is 6.72. The first-order valence-corrected chi connectivity index (χ1v) is 7.48. The van der Waals surface area contributed by atoms with Crippen molar-refractivity contribution in [1.82, 2.24) is 0 Å². The maximum Gasteiger partial charge on any atom is 0.0408 e. The summed E-state index contributed by atoms with van der Waals surface area (Å²) in [6, 6.07) is 6.62. The van der Waals surface area contributed by atoms with Crippen LogP contribution < -0.4 is 10.6 Å². The van der Waals surface area contributed by atoms with Crippen molar-refractivity contribution in [3.63, 3.8) is 0 Å². The molecule has 1 aliphatic rings. The Balaban J connectivity index is 2.70. The number of nitrogens with zero attached hydrogens (tertiary/aromatic N) is 1. The topological polar surface area (TPSA) is 29.3 Å². The second kappa shape index (κ2) is 4.82. The SMILES string of the molecule is CCN1CC(CC)(C(C)(C)C)c2c(CN)cccc21. The highest BCUT2D eigenvalue weighted by atomic mass is 15.2. The Kier molecular flexibility index (Phi) is 3.65. The Hall–Kier alpha value is -1.02. The number of anilines is 1. The summed E-state index contributed by atoms with van der Waals surface area (Å²) in [5.74, 6) is 0. The van der Waals surface area contributed by atoms with E-state index in [0.717, 1.165) is 19.5 Å². The van der Waals surface area contributed by atoms with Crippen LogP contribution in [0.3, 0.4) is 0 Å². The summed E-state index contributed by atoms with van der Waals surface area (Å²) >= 11 is 0. The standard InChI is InChI=1S/C17H28N2/c1-6-17(16(3,4)5)12-19(7-2)14-10-8-9-13(11-18)15(14)17/h8-10H,6-7,11-12,18H2,1-5H3. The van der Waals surface area contributed by atoms with Crippen LogP contribution in [-0.2, 0) is 12.0 Å². The van der Waals surface area contributed by atoms with Crippen molar-refractivity contribution in [2.75, 3.05) is 18.0 Å². The zero-order chi connectivity index (χ0) is 14.3. The van der Waals surface area contributed by atoms with E-state index in [1.54, 1.807) is 0 Å². The van der Waals surface area contributed by atoms with Gasteiger partial charge in [-0.25, -0.2) is 0 Å². The van der Waals surface area contributed by atoms with Crippen LogP contribution in [0.1, 0.15) is 52.2 Å². The van der Waals surface area contributed by atoms with E-state index in [1.807, 2.05) is 0 Å². The highest BCUT2D eigenvalue weighted by molar-refractivity contribution is 5.66. The number of likely N-dealkylation sites (N-methyl/N-ethyl adjacent to an activating group) is 1. The molecular weight excluding hydrogens is 232 g/mol. The van der Waals surface area contributed by atoms with Gasteiger partial charge < -0.3 is 10.6 Å². The molecule has 0 aliphatic carbocycles. The molecule has 0 aromatic heterocycles. The Morgan fingerprint density at radius 3 is 2.42 bits per heavy atom. The zero-order valence-electron chi connectivity index (χ0n) is 13.1. The Bertz CT molecular complexity index is 459. The smallest absolute Gasteiger partial charge is 0.0408 e. The number of hydrogen-bond acceptors (Lipinski definition) is 2. The number of rotatable bonds is 3. The largest absolute Gasteiger partial charge is 0.371 e. The van der Waals surface area contributed by atoms with Gasteiger partial charge >= 0.3 is 0 Å². The van der Waals surface area contributed by atoms with Gasteiger partial charge in [-0.05, 0) is 36.0 Å². The molecule has 0 bridgehead atoms. The van der Waals surface area contributed by atoms with Gasteiger partial charge in [0, 0.05) is 30.7 Å². The average Bonchev–Trinajstić information content (AvgIpc) is 2.73. The lowest BCUT2D eigenvalue weighted by Gasteiger charge is -2.43. The van der Waals surface area contributed by atoms with Gasteiger partial charge in [-0.3, -0.25) is 0 Å². The van der Waals surface area contributed by atoms with E-state index in [0.29, 0.717) is 6.54 Å². The lowest BCUT2D eigenvalue weighted by molar-refractivity contribution is 0.189. The molecule has 0 saturated heterocycles. The first-order valence-electron chi connectivity index (χ1n) is 7.48. The summed E-state index contributed by atoms with van der Waals surface area (Å²) in [6.45, 7) is 14.5. The minimum absolute atomic E-state index is 0.217. The van der Waals surface area contributed by atoms with E-state index in [2.05, 4.69) is 57.7 Å². The maximum absolute atomic E-state index is 6.01. The third kappa shape index (κ3) is 1.97. The van der Waals surface area contributed by atoms with Crippen LogP contribution in [0, 0.1) is 5.41 Å². The summed E-state index contributed by atoms with van der Waals surface area (Å²) in [5.41, 5.74) is 10.7. The van der Waals surface area contributed by atoms with Crippen LogP contribution >= 0.6 is 0 Å². The quantitative estimate of drug-likeness (QED) is 0.898. The fourth-order valence-corrected chi connectivity index (χ4v) is 3.78. The molecule has 2 rings (SSSR count). The molecule has 0 saturated carbocycles. The van der Waals surface area contributed by atoms with E-state index in [-0.39, 0.29) is 10.8 Å². The molecule has 0 radical (unpaired) electrons. The zero-order valence-corrected chi connectivity index (χ0v) is 13.1. The molecule has 1 unspecified atom stereocenters. The molecule has 1 aliphatic heterocycles. The van der Waals surface area contributed by atoms with Crippen molar-refractivity contribution < 1.29 is 0 Å². The van der Waals surface area contributed by atoms with Crippen molar-refractivity contribution in [3.05, 3.63) is 29.3 Å². The fraction of sp³-hybridized carbons (Fsp3) is 0.647.